The molecule has 0 atom stereocenters. The van der Waals surface area contributed by atoms with Crippen molar-refractivity contribution in [1.82, 2.24) is 0 Å². The Labute approximate surface area is 145 Å². The number of halogens is 1. The van der Waals surface area contributed by atoms with Crippen molar-refractivity contribution in [3.8, 4) is 11.8 Å². The highest BCUT2D eigenvalue weighted by Crippen LogP contribution is 2.21. The molecule has 4 nitrogen and oxygen atoms in total. The first-order chi connectivity index (χ1) is 11.6. The van der Waals surface area contributed by atoms with Crippen LogP contribution in [-0.4, -0.2) is 19.2 Å². The van der Waals surface area contributed by atoms with E-state index in [0.717, 1.165) is 11.1 Å². The normalized spacial score (nSPS) is 10.8. The summed E-state index contributed by atoms with van der Waals surface area (Å²) < 4.78 is 10.1. The molecule has 5 heteroatoms. The standard InChI is InChI=1S/C19H16ClNO3/c1-2-23-19(22)13-24-18-9-3-14(4-10-18)11-16(12-21)15-5-7-17(20)8-6-15/h3-11H,2,13H2,1H3/b16-11-. The molecular formula is C19H16ClNO3. The summed E-state index contributed by atoms with van der Waals surface area (Å²) in [7, 11) is 0. The van der Waals surface area contributed by atoms with Gasteiger partial charge >= 0.3 is 5.97 Å². The van der Waals surface area contributed by atoms with Gasteiger partial charge in [-0.1, -0.05) is 35.9 Å². The summed E-state index contributed by atoms with van der Waals surface area (Å²) in [5, 5.41) is 9.96. The lowest BCUT2D eigenvalue weighted by Gasteiger charge is -2.06. The third kappa shape index (κ3) is 5.15. The van der Waals surface area contributed by atoms with Gasteiger partial charge in [0.05, 0.1) is 18.2 Å². The van der Waals surface area contributed by atoms with Crippen LogP contribution in [0.2, 0.25) is 5.02 Å². The number of carbonyl (C=O) groups excluding carboxylic acids is 1. The minimum absolute atomic E-state index is 0.128. The molecule has 0 aliphatic rings. The number of rotatable bonds is 6. The zero-order valence-corrected chi connectivity index (χ0v) is 13.9. The van der Waals surface area contributed by atoms with E-state index in [1.165, 1.54) is 0 Å². The summed E-state index contributed by atoms with van der Waals surface area (Å²) in [6, 6.07) is 16.4. The maximum atomic E-state index is 11.2. The zero-order valence-electron chi connectivity index (χ0n) is 13.2. The molecule has 0 spiro atoms. The van der Waals surface area contributed by atoms with Crippen LogP contribution < -0.4 is 4.74 Å². The minimum Gasteiger partial charge on any atom is -0.482 e. The lowest BCUT2D eigenvalue weighted by molar-refractivity contribution is -0.145. The monoisotopic (exact) mass is 341 g/mol. The van der Waals surface area contributed by atoms with Crippen molar-refractivity contribution >= 4 is 29.2 Å². The van der Waals surface area contributed by atoms with E-state index in [1.54, 1.807) is 49.4 Å². The molecule has 0 amide bonds. The fourth-order valence-electron chi connectivity index (χ4n) is 1.98. The van der Waals surface area contributed by atoms with Gasteiger partial charge in [0.25, 0.3) is 0 Å². The Morgan fingerprint density at radius 1 is 1.17 bits per heavy atom. The van der Waals surface area contributed by atoms with Gasteiger partial charge in [0.2, 0.25) is 0 Å². The molecule has 0 aliphatic carbocycles. The predicted molar refractivity (Wildman–Crippen MR) is 93.5 cm³/mol. The fraction of sp³-hybridized carbons (Fsp3) is 0.158. The number of ether oxygens (including phenoxy) is 2. The van der Waals surface area contributed by atoms with Crippen molar-refractivity contribution in [2.45, 2.75) is 6.92 Å². The van der Waals surface area contributed by atoms with Crippen LogP contribution in [0.4, 0.5) is 0 Å². The smallest absolute Gasteiger partial charge is 0.344 e. The Morgan fingerprint density at radius 3 is 2.42 bits per heavy atom. The van der Waals surface area contributed by atoms with Gasteiger partial charge < -0.3 is 9.47 Å². The molecule has 2 aromatic carbocycles. The van der Waals surface area contributed by atoms with Crippen molar-refractivity contribution in [2.75, 3.05) is 13.2 Å². The molecule has 2 rings (SSSR count). The number of nitriles is 1. The number of carbonyl (C=O) groups is 1. The van der Waals surface area contributed by atoms with Gasteiger partial charge in [-0.25, -0.2) is 4.79 Å². The third-order valence-corrected chi connectivity index (χ3v) is 3.38. The number of hydrogen-bond acceptors (Lipinski definition) is 4. The molecule has 0 bridgehead atoms. The maximum Gasteiger partial charge on any atom is 0.344 e. The van der Waals surface area contributed by atoms with Gasteiger partial charge in [0.1, 0.15) is 5.75 Å². The average Bonchev–Trinajstić information content (AvgIpc) is 2.60. The Hall–Kier alpha value is -2.77. The van der Waals surface area contributed by atoms with E-state index in [2.05, 4.69) is 6.07 Å². The molecule has 0 saturated carbocycles. The minimum atomic E-state index is -0.407. The number of benzene rings is 2. The van der Waals surface area contributed by atoms with Crippen LogP contribution in [0.3, 0.4) is 0 Å². The van der Waals surface area contributed by atoms with Crippen LogP contribution >= 0.6 is 11.6 Å². The van der Waals surface area contributed by atoms with Gasteiger partial charge in [-0.2, -0.15) is 5.26 Å². The van der Waals surface area contributed by atoms with E-state index in [1.807, 2.05) is 12.1 Å². The van der Waals surface area contributed by atoms with Gasteiger partial charge in [-0.15, -0.1) is 0 Å². The summed E-state index contributed by atoms with van der Waals surface area (Å²) in [6.07, 6.45) is 1.78. The SMILES string of the molecule is CCOC(=O)COc1ccc(/C=C(/C#N)c2ccc(Cl)cc2)cc1. The summed E-state index contributed by atoms with van der Waals surface area (Å²) in [5.41, 5.74) is 2.18. The zero-order chi connectivity index (χ0) is 17.4. The van der Waals surface area contributed by atoms with E-state index < -0.39 is 5.97 Å². The predicted octanol–water partition coefficient (Wildman–Crippen LogP) is 4.35. The molecule has 0 fully saturated rings. The van der Waals surface area contributed by atoms with Gasteiger partial charge in [0, 0.05) is 5.02 Å². The number of allylic oxidation sites excluding steroid dienone is 1. The lowest BCUT2D eigenvalue weighted by Crippen LogP contribution is -2.14. The largest absolute Gasteiger partial charge is 0.482 e. The van der Waals surface area contributed by atoms with Crippen LogP contribution in [-0.2, 0) is 9.53 Å². The van der Waals surface area contributed by atoms with Crippen LogP contribution in [0.25, 0.3) is 11.6 Å². The summed E-state index contributed by atoms with van der Waals surface area (Å²) in [5.74, 6) is 0.154. The molecule has 0 aliphatic heterocycles. The van der Waals surface area contributed by atoms with Gasteiger partial charge in [0.15, 0.2) is 6.61 Å². The number of hydrogen-bond donors (Lipinski definition) is 0. The second-order valence-electron chi connectivity index (χ2n) is 4.84. The second kappa shape index (κ2) is 8.76. The van der Waals surface area contributed by atoms with Gasteiger partial charge in [-0.3, -0.25) is 0 Å². The van der Waals surface area contributed by atoms with Crippen molar-refractivity contribution in [2.24, 2.45) is 0 Å². The Bertz CT molecular complexity index is 759. The third-order valence-electron chi connectivity index (χ3n) is 3.13. The number of nitrogens with zero attached hydrogens (tertiary/aromatic N) is 1. The van der Waals surface area contributed by atoms with E-state index in [-0.39, 0.29) is 6.61 Å². The van der Waals surface area contributed by atoms with Crippen LogP contribution in [0.5, 0.6) is 5.75 Å². The fourth-order valence-corrected chi connectivity index (χ4v) is 2.11. The first-order valence-corrected chi connectivity index (χ1v) is 7.76. The van der Waals surface area contributed by atoms with Crippen LogP contribution in [0.15, 0.2) is 48.5 Å². The van der Waals surface area contributed by atoms with E-state index in [4.69, 9.17) is 21.1 Å². The second-order valence-corrected chi connectivity index (χ2v) is 5.28. The summed E-state index contributed by atoms with van der Waals surface area (Å²) in [4.78, 5) is 11.2. The van der Waals surface area contributed by atoms with E-state index in [9.17, 15) is 10.1 Å². The molecule has 2 aromatic rings. The first kappa shape index (κ1) is 17.6. The average molecular weight is 342 g/mol. The summed E-state index contributed by atoms with van der Waals surface area (Å²) >= 11 is 5.86. The van der Waals surface area contributed by atoms with Crippen LogP contribution in [0, 0.1) is 11.3 Å². The summed E-state index contributed by atoms with van der Waals surface area (Å²) in [6.45, 7) is 1.94. The molecule has 0 N–H and O–H groups in total. The van der Waals surface area contributed by atoms with Gasteiger partial charge in [-0.05, 0) is 48.4 Å². The molecule has 122 valence electrons. The first-order valence-electron chi connectivity index (χ1n) is 7.38. The molecule has 24 heavy (non-hydrogen) atoms. The molecular weight excluding hydrogens is 326 g/mol. The molecule has 0 heterocycles. The molecule has 0 unspecified atom stereocenters. The van der Waals surface area contributed by atoms with E-state index >= 15 is 0 Å². The van der Waals surface area contributed by atoms with Crippen molar-refractivity contribution in [3.05, 3.63) is 64.7 Å². The van der Waals surface area contributed by atoms with Crippen LogP contribution in [0.1, 0.15) is 18.1 Å². The molecule has 0 saturated heterocycles. The maximum absolute atomic E-state index is 11.2. The van der Waals surface area contributed by atoms with E-state index in [0.29, 0.717) is 23.0 Å². The number of esters is 1. The van der Waals surface area contributed by atoms with Crippen molar-refractivity contribution in [1.29, 1.82) is 5.26 Å². The Balaban J connectivity index is 2.07. The topological polar surface area (TPSA) is 59.3 Å². The highest BCUT2D eigenvalue weighted by atomic mass is 35.5. The lowest BCUT2D eigenvalue weighted by atomic mass is 10.0. The Morgan fingerprint density at radius 2 is 1.83 bits per heavy atom. The quantitative estimate of drug-likeness (QED) is 0.445. The highest BCUT2D eigenvalue weighted by Gasteiger charge is 2.04. The molecule has 0 aromatic heterocycles. The van der Waals surface area contributed by atoms with Crippen molar-refractivity contribution in [3.63, 3.8) is 0 Å². The van der Waals surface area contributed by atoms with Crippen molar-refractivity contribution < 1.29 is 14.3 Å². The Kier molecular flexibility index (Phi) is 6.41. The highest BCUT2D eigenvalue weighted by molar-refractivity contribution is 6.30. The molecule has 0 radical (unpaired) electrons.